The van der Waals surface area contributed by atoms with Crippen molar-refractivity contribution in [3.05, 3.63) is 35.9 Å². The fraction of sp³-hybridized carbons (Fsp3) is 0.600. The summed E-state index contributed by atoms with van der Waals surface area (Å²) in [6, 6.07) is 11.3. The zero-order valence-electron chi connectivity index (χ0n) is 11.4. The minimum absolute atomic E-state index is 0.596. The lowest BCUT2D eigenvalue weighted by atomic mass is 10.2. The molecule has 0 saturated carbocycles. The van der Waals surface area contributed by atoms with Crippen LogP contribution >= 0.6 is 0 Å². The molecule has 0 aliphatic rings. The maximum Gasteiger partial charge on any atom is 0.0236 e. The fourth-order valence-corrected chi connectivity index (χ4v) is 1.86. The third-order valence-corrected chi connectivity index (χ3v) is 2.96. The van der Waals surface area contributed by atoms with Crippen LogP contribution in [0, 0.1) is 0 Å². The highest BCUT2D eigenvalue weighted by Crippen LogP contribution is 2.07. The maximum atomic E-state index is 3.46. The lowest BCUT2D eigenvalue weighted by Crippen LogP contribution is -2.36. The van der Waals surface area contributed by atoms with E-state index in [4.69, 9.17) is 0 Å². The normalized spacial score (nSPS) is 11.4. The van der Waals surface area contributed by atoms with E-state index in [9.17, 15) is 0 Å². The first-order valence-electron chi connectivity index (χ1n) is 6.72. The molecule has 0 spiro atoms. The van der Waals surface area contributed by atoms with E-state index < -0.39 is 0 Å². The number of nitrogens with zero attached hydrogens (tertiary/aromatic N) is 1. The van der Waals surface area contributed by atoms with Crippen molar-refractivity contribution in [3.8, 4) is 0 Å². The molecule has 1 N–H and O–H groups in total. The van der Waals surface area contributed by atoms with Crippen molar-refractivity contribution in [3.63, 3.8) is 0 Å². The van der Waals surface area contributed by atoms with Crippen LogP contribution in [0.2, 0.25) is 0 Å². The van der Waals surface area contributed by atoms with Gasteiger partial charge >= 0.3 is 0 Å². The quantitative estimate of drug-likeness (QED) is 0.696. The molecule has 1 aromatic rings. The predicted molar refractivity (Wildman–Crippen MR) is 75.1 cm³/mol. The molecular weight excluding hydrogens is 208 g/mol. The highest BCUT2D eigenvalue weighted by Gasteiger charge is 2.09. The van der Waals surface area contributed by atoms with Crippen molar-refractivity contribution in [2.24, 2.45) is 0 Å². The van der Waals surface area contributed by atoms with Crippen LogP contribution in [0.5, 0.6) is 0 Å². The molecule has 0 radical (unpaired) electrons. The maximum absolute atomic E-state index is 3.46. The highest BCUT2D eigenvalue weighted by molar-refractivity contribution is 5.14. The minimum atomic E-state index is 0.596. The Bertz CT molecular complexity index is 282. The second kappa shape index (κ2) is 8.26. The van der Waals surface area contributed by atoms with Crippen LogP contribution in [0.25, 0.3) is 0 Å². The summed E-state index contributed by atoms with van der Waals surface area (Å²) in [6.45, 7) is 11.1. The Balaban J connectivity index is 2.38. The van der Waals surface area contributed by atoms with Gasteiger partial charge in [0.2, 0.25) is 0 Å². The second-order valence-electron chi connectivity index (χ2n) is 4.80. The van der Waals surface area contributed by atoms with Crippen LogP contribution in [0.15, 0.2) is 30.3 Å². The Morgan fingerprint density at radius 1 is 1.12 bits per heavy atom. The van der Waals surface area contributed by atoms with Crippen molar-refractivity contribution >= 4 is 0 Å². The largest absolute Gasteiger partial charge is 0.315 e. The van der Waals surface area contributed by atoms with Crippen molar-refractivity contribution < 1.29 is 0 Å². The Hall–Kier alpha value is -0.860. The van der Waals surface area contributed by atoms with E-state index >= 15 is 0 Å². The summed E-state index contributed by atoms with van der Waals surface area (Å²) in [6.07, 6.45) is 1.21. The Labute approximate surface area is 106 Å². The van der Waals surface area contributed by atoms with Gasteiger partial charge in [0.1, 0.15) is 0 Å². The third kappa shape index (κ3) is 5.85. The lowest BCUT2D eigenvalue weighted by Gasteiger charge is -2.26. The molecule has 0 aromatic heterocycles. The molecule has 0 aliphatic carbocycles. The zero-order chi connectivity index (χ0) is 12.5. The first kappa shape index (κ1) is 14.2. The molecule has 2 nitrogen and oxygen atoms in total. The number of rotatable bonds is 8. The highest BCUT2D eigenvalue weighted by atomic mass is 15.2. The molecule has 0 atom stereocenters. The summed E-state index contributed by atoms with van der Waals surface area (Å²) in [5.41, 5.74) is 1.40. The van der Waals surface area contributed by atoms with Crippen LogP contribution in [0.1, 0.15) is 32.8 Å². The predicted octanol–water partition coefficient (Wildman–Crippen LogP) is 2.90. The van der Waals surface area contributed by atoms with Gasteiger partial charge in [-0.1, -0.05) is 37.3 Å². The van der Waals surface area contributed by atoms with E-state index in [1.165, 1.54) is 12.0 Å². The van der Waals surface area contributed by atoms with E-state index in [2.05, 4.69) is 61.3 Å². The molecule has 0 aliphatic heterocycles. The van der Waals surface area contributed by atoms with Crippen molar-refractivity contribution in [2.75, 3.05) is 19.6 Å². The van der Waals surface area contributed by atoms with Gasteiger partial charge in [-0.15, -0.1) is 0 Å². The Kier molecular flexibility index (Phi) is 6.90. The topological polar surface area (TPSA) is 15.3 Å². The summed E-state index contributed by atoms with van der Waals surface area (Å²) in [7, 11) is 0. The molecule has 0 fully saturated rings. The van der Waals surface area contributed by atoms with Crippen molar-refractivity contribution in [2.45, 2.75) is 39.8 Å². The standard InChI is InChI=1S/C15H26N2/c1-4-10-16-11-12-17(14(2)3)13-15-8-6-5-7-9-15/h5-9,14,16H,4,10-13H2,1-3H3. The monoisotopic (exact) mass is 234 g/mol. The Morgan fingerprint density at radius 2 is 1.82 bits per heavy atom. The summed E-state index contributed by atoms with van der Waals surface area (Å²) in [4.78, 5) is 2.51. The van der Waals surface area contributed by atoms with E-state index in [0.717, 1.165) is 26.2 Å². The van der Waals surface area contributed by atoms with E-state index in [1.54, 1.807) is 0 Å². The van der Waals surface area contributed by atoms with Crippen LogP contribution in [-0.4, -0.2) is 30.6 Å². The van der Waals surface area contributed by atoms with E-state index in [0.29, 0.717) is 6.04 Å². The van der Waals surface area contributed by atoms with Gasteiger partial charge in [-0.25, -0.2) is 0 Å². The molecule has 96 valence electrons. The van der Waals surface area contributed by atoms with Crippen molar-refractivity contribution in [1.82, 2.24) is 10.2 Å². The average molecular weight is 234 g/mol. The van der Waals surface area contributed by atoms with Gasteiger partial charge in [-0.05, 0) is 32.4 Å². The molecule has 1 rings (SSSR count). The number of nitrogens with one attached hydrogen (secondary N) is 1. The van der Waals surface area contributed by atoms with Gasteiger partial charge in [0.15, 0.2) is 0 Å². The summed E-state index contributed by atoms with van der Waals surface area (Å²) in [5, 5.41) is 3.46. The molecular formula is C15H26N2. The molecule has 0 saturated heterocycles. The summed E-state index contributed by atoms with van der Waals surface area (Å²) >= 11 is 0. The number of hydrogen-bond donors (Lipinski definition) is 1. The summed E-state index contributed by atoms with van der Waals surface area (Å²) in [5.74, 6) is 0. The Morgan fingerprint density at radius 3 is 2.41 bits per heavy atom. The van der Waals surface area contributed by atoms with Crippen LogP contribution in [0.4, 0.5) is 0 Å². The smallest absolute Gasteiger partial charge is 0.0236 e. The van der Waals surface area contributed by atoms with Gasteiger partial charge in [-0.2, -0.15) is 0 Å². The van der Waals surface area contributed by atoms with Crippen LogP contribution in [-0.2, 0) is 6.54 Å². The first-order valence-corrected chi connectivity index (χ1v) is 6.72. The van der Waals surface area contributed by atoms with Crippen LogP contribution in [0.3, 0.4) is 0 Å². The molecule has 2 heteroatoms. The van der Waals surface area contributed by atoms with E-state index in [-0.39, 0.29) is 0 Å². The van der Waals surface area contributed by atoms with Crippen LogP contribution < -0.4 is 5.32 Å². The number of hydrogen-bond acceptors (Lipinski definition) is 2. The lowest BCUT2D eigenvalue weighted by molar-refractivity contribution is 0.213. The minimum Gasteiger partial charge on any atom is -0.315 e. The zero-order valence-corrected chi connectivity index (χ0v) is 11.4. The number of benzene rings is 1. The van der Waals surface area contributed by atoms with Crippen molar-refractivity contribution in [1.29, 1.82) is 0 Å². The fourth-order valence-electron chi connectivity index (χ4n) is 1.86. The molecule has 17 heavy (non-hydrogen) atoms. The van der Waals surface area contributed by atoms with Gasteiger partial charge in [0.05, 0.1) is 0 Å². The molecule has 1 aromatic carbocycles. The SMILES string of the molecule is CCCNCCN(Cc1ccccc1)C(C)C. The van der Waals surface area contributed by atoms with Gasteiger partial charge < -0.3 is 5.32 Å². The van der Waals surface area contributed by atoms with E-state index in [1.807, 2.05) is 0 Å². The first-order chi connectivity index (χ1) is 8.24. The van der Waals surface area contributed by atoms with Gasteiger partial charge in [0, 0.05) is 25.7 Å². The molecule has 0 unspecified atom stereocenters. The molecule has 0 amide bonds. The second-order valence-corrected chi connectivity index (χ2v) is 4.80. The van der Waals surface area contributed by atoms with Gasteiger partial charge in [-0.3, -0.25) is 4.90 Å². The molecule has 0 bridgehead atoms. The van der Waals surface area contributed by atoms with Gasteiger partial charge in [0.25, 0.3) is 0 Å². The molecule has 0 heterocycles. The third-order valence-electron chi connectivity index (χ3n) is 2.96. The average Bonchev–Trinajstić information content (AvgIpc) is 2.34. The summed E-state index contributed by atoms with van der Waals surface area (Å²) < 4.78 is 0.